The number of aryl methyl sites for hydroxylation is 1. The average Bonchev–Trinajstić information content (AvgIpc) is 3.06. The van der Waals surface area contributed by atoms with Crippen LogP contribution < -0.4 is 4.74 Å². The van der Waals surface area contributed by atoms with Crippen molar-refractivity contribution < 1.29 is 13.9 Å². The van der Waals surface area contributed by atoms with Gasteiger partial charge in [0, 0.05) is 50.7 Å². The van der Waals surface area contributed by atoms with Crippen molar-refractivity contribution in [2.24, 2.45) is 7.05 Å². The van der Waals surface area contributed by atoms with E-state index in [1.165, 1.54) is 6.07 Å². The molecule has 0 atom stereocenters. The molecule has 0 bridgehead atoms. The Balaban J connectivity index is 1.46. The highest BCUT2D eigenvalue weighted by Gasteiger charge is 2.25. The summed E-state index contributed by atoms with van der Waals surface area (Å²) in [4.78, 5) is 17.2. The highest BCUT2D eigenvalue weighted by Crippen LogP contribution is 2.28. The first-order valence-corrected chi connectivity index (χ1v) is 9.46. The van der Waals surface area contributed by atoms with E-state index < -0.39 is 0 Å². The Morgan fingerprint density at radius 3 is 2.54 bits per heavy atom. The maximum atomic E-state index is 13.9. The van der Waals surface area contributed by atoms with Crippen LogP contribution in [0.15, 0.2) is 48.5 Å². The predicted octanol–water partition coefficient (Wildman–Crippen LogP) is 3.28. The Hall–Kier alpha value is -2.86. The lowest BCUT2D eigenvalue weighted by molar-refractivity contribution is 0.0618. The summed E-state index contributed by atoms with van der Waals surface area (Å²) >= 11 is 0. The summed E-state index contributed by atoms with van der Waals surface area (Å²) in [5.41, 5.74) is 2.32. The fourth-order valence-corrected chi connectivity index (χ4v) is 3.86. The third-order valence-corrected chi connectivity index (χ3v) is 5.50. The molecule has 2 heterocycles. The third-order valence-electron chi connectivity index (χ3n) is 5.50. The summed E-state index contributed by atoms with van der Waals surface area (Å²) in [6.07, 6.45) is 0. The number of hydrogen-bond acceptors (Lipinski definition) is 3. The number of fused-ring (bicyclic) bond motifs is 1. The lowest BCUT2D eigenvalue weighted by Crippen LogP contribution is -2.48. The number of ether oxygens (including phenoxy) is 1. The van der Waals surface area contributed by atoms with Crippen LogP contribution in [0, 0.1) is 5.82 Å². The molecule has 1 amide bonds. The minimum Gasteiger partial charge on any atom is -0.496 e. The van der Waals surface area contributed by atoms with Crippen LogP contribution in [0.3, 0.4) is 0 Å². The second-order valence-corrected chi connectivity index (χ2v) is 7.14. The molecule has 0 radical (unpaired) electrons. The number of hydrogen-bond donors (Lipinski definition) is 0. The first-order chi connectivity index (χ1) is 13.6. The van der Waals surface area contributed by atoms with Gasteiger partial charge in [-0.1, -0.05) is 24.3 Å². The topological polar surface area (TPSA) is 37.7 Å². The van der Waals surface area contributed by atoms with Crippen molar-refractivity contribution >= 4 is 16.8 Å². The van der Waals surface area contributed by atoms with Crippen molar-refractivity contribution in [3.8, 4) is 5.75 Å². The van der Waals surface area contributed by atoms with Crippen LogP contribution >= 0.6 is 0 Å². The maximum Gasteiger partial charge on any atom is 0.270 e. The summed E-state index contributed by atoms with van der Waals surface area (Å²) < 4.78 is 21.2. The molecular formula is C22H24FN3O2. The summed E-state index contributed by atoms with van der Waals surface area (Å²) in [6, 6.07) is 14.6. The van der Waals surface area contributed by atoms with Gasteiger partial charge in [-0.15, -0.1) is 0 Å². The van der Waals surface area contributed by atoms with E-state index in [-0.39, 0.29) is 11.7 Å². The molecule has 1 aromatic heterocycles. The van der Waals surface area contributed by atoms with E-state index in [0.29, 0.717) is 30.9 Å². The fourth-order valence-electron chi connectivity index (χ4n) is 3.86. The Kier molecular flexibility index (Phi) is 5.05. The van der Waals surface area contributed by atoms with E-state index >= 15 is 0 Å². The first kappa shape index (κ1) is 18.5. The number of benzene rings is 2. The lowest BCUT2D eigenvalue weighted by atomic mass is 10.2. The Morgan fingerprint density at radius 2 is 1.82 bits per heavy atom. The minimum atomic E-state index is -0.176. The average molecular weight is 381 g/mol. The molecule has 1 aliphatic heterocycles. The number of nitrogens with zero attached hydrogens (tertiary/aromatic N) is 3. The summed E-state index contributed by atoms with van der Waals surface area (Å²) in [7, 11) is 3.54. The van der Waals surface area contributed by atoms with Crippen molar-refractivity contribution in [1.29, 1.82) is 0 Å². The third kappa shape index (κ3) is 3.36. The van der Waals surface area contributed by atoms with Gasteiger partial charge in [0.1, 0.15) is 17.3 Å². The second kappa shape index (κ2) is 7.64. The number of halogens is 1. The SMILES string of the molecule is COc1cccc2c1cc(C(=O)N1CCN(Cc3ccccc3F)CC1)n2C. The quantitative estimate of drug-likeness (QED) is 0.696. The van der Waals surface area contributed by atoms with Gasteiger partial charge in [-0.3, -0.25) is 9.69 Å². The van der Waals surface area contributed by atoms with Gasteiger partial charge >= 0.3 is 0 Å². The monoisotopic (exact) mass is 381 g/mol. The first-order valence-electron chi connectivity index (χ1n) is 9.46. The molecule has 2 aromatic carbocycles. The summed E-state index contributed by atoms with van der Waals surface area (Å²) in [6.45, 7) is 3.29. The van der Waals surface area contributed by atoms with Gasteiger partial charge in [0.05, 0.1) is 12.6 Å². The molecule has 5 nitrogen and oxygen atoms in total. The molecule has 3 aromatic rings. The molecule has 0 saturated carbocycles. The fraction of sp³-hybridized carbons (Fsp3) is 0.318. The molecule has 0 spiro atoms. The lowest BCUT2D eigenvalue weighted by Gasteiger charge is -2.34. The molecule has 146 valence electrons. The van der Waals surface area contributed by atoms with Crippen molar-refractivity contribution in [1.82, 2.24) is 14.4 Å². The molecule has 6 heteroatoms. The summed E-state index contributed by atoms with van der Waals surface area (Å²) in [5, 5.41) is 0.939. The van der Waals surface area contributed by atoms with Crippen molar-refractivity contribution in [3.05, 3.63) is 65.6 Å². The summed E-state index contributed by atoms with van der Waals surface area (Å²) in [5.74, 6) is 0.610. The van der Waals surface area contributed by atoms with E-state index in [2.05, 4.69) is 4.90 Å². The Bertz CT molecular complexity index is 1010. The van der Waals surface area contributed by atoms with Crippen LogP contribution in [0.2, 0.25) is 0 Å². The zero-order chi connectivity index (χ0) is 19.7. The number of methoxy groups -OCH3 is 1. The van der Waals surface area contributed by atoms with Gasteiger partial charge in [0.2, 0.25) is 0 Å². The van der Waals surface area contributed by atoms with Crippen molar-refractivity contribution in [2.45, 2.75) is 6.54 Å². The van der Waals surface area contributed by atoms with Crippen LogP contribution in [0.1, 0.15) is 16.1 Å². The molecule has 1 saturated heterocycles. The van der Waals surface area contributed by atoms with E-state index in [4.69, 9.17) is 4.74 Å². The van der Waals surface area contributed by atoms with Gasteiger partial charge in [0.25, 0.3) is 5.91 Å². The number of amides is 1. The maximum absolute atomic E-state index is 13.9. The van der Waals surface area contributed by atoms with E-state index in [1.807, 2.05) is 52.9 Å². The minimum absolute atomic E-state index is 0.0197. The molecule has 0 N–H and O–H groups in total. The predicted molar refractivity (Wildman–Crippen MR) is 107 cm³/mol. The van der Waals surface area contributed by atoms with Gasteiger partial charge in [-0.05, 0) is 24.3 Å². The molecule has 0 aliphatic carbocycles. The number of carbonyl (C=O) groups is 1. The smallest absolute Gasteiger partial charge is 0.270 e. The standard InChI is InChI=1S/C22H24FN3O2/c1-24-19-8-5-9-21(28-2)17(19)14-20(24)22(27)26-12-10-25(11-13-26)15-16-6-3-4-7-18(16)23/h3-9,14H,10-13,15H2,1-2H3. The molecular weight excluding hydrogens is 357 g/mol. The van der Waals surface area contributed by atoms with E-state index in [9.17, 15) is 9.18 Å². The Morgan fingerprint density at radius 1 is 1.07 bits per heavy atom. The molecule has 0 unspecified atom stereocenters. The van der Waals surface area contributed by atoms with Gasteiger partial charge in [-0.25, -0.2) is 4.39 Å². The number of carbonyl (C=O) groups excluding carboxylic acids is 1. The van der Waals surface area contributed by atoms with E-state index in [0.717, 1.165) is 29.7 Å². The normalized spacial score (nSPS) is 15.2. The van der Waals surface area contributed by atoms with E-state index in [1.54, 1.807) is 13.2 Å². The van der Waals surface area contributed by atoms with Crippen LogP contribution in [0.25, 0.3) is 10.9 Å². The zero-order valence-electron chi connectivity index (χ0n) is 16.2. The molecule has 1 fully saturated rings. The van der Waals surface area contributed by atoms with Crippen LogP contribution in [0.5, 0.6) is 5.75 Å². The molecule has 1 aliphatic rings. The van der Waals surface area contributed by atoms with Crippen LogP contribution in [-0.4, -0.2) is 53.6 Å². The Labute approximate surface area is 163 Å². The number of rotatable bonds is 4. The van der Waals surface area contributed by atoms with Crippen molar-refractivity contribution in [3.63, 3.8) is 0 Å². The largest absolute Gasteiger partial charge is 0.496 e. The molecule has 28 heavy (non-hydrogen) atoms. The highest BCUT2D eigenvalue weighted by atomic mass is 19.1. The second-order valence-electron chi connectivity index (χ2n) is 7.14. The zero-order valence-corrected chi connectivity index (χ0v) is 16.2. The highest BCUT2D eigenvalue weighted by molar-refractivity contribution is 6.00. The number of aromatic nitrogens is 1. The van der Waals surface area contributed by atoms with Crippen LogP contribution in [-0.2, 0) is 13.6 Å². The van der Waals surface area contributed by atoms with Gasteiger partial charge < -0.3 is 14.2 Å². The van der Waals surface area contributed by atoms with Gasteiger partial charge in [0.15, 0.2) is 0 Å². The van der Waals surface area contributed by atoms with Crippen LogP contribution in [0.4, 0.5) is 4.39 Å². The number of piperazine rings is 1. The van der Waals surface area contributed by atoms with Gasteiger partial charge in [-0.2, -0.15) is 0 Å². The molecule has 4 rings (SSSR count). The van der Waals surface area contributed by atoms with Crippen molar-refractivity contribution in [2.75, 3.05) is 33.3 Å².